The molecule has 0 aliphatic heterocycles. The summed E-state index contributed by atoms with van der Waals surface area (Å²) >= 11 is 0. The van der Waals surface area contributed by atoms with E-state index in [4.69, 9.17) is 0 Å². The van der Waals surface area contributed by atoms with Crippen LogP contribution in [0.5, 0.6) is 0 Å². The van der Waals surface area contributed by atoms with E-state index >= 15 is 8.78 Å². The van der Waals surface area contributed by atoms with Gasteiger partial charge < -0.3 is 0 Å². The Balaban J connectivity index is 1.52. The SMILES string of the molecule is Cc1ccc(-c2ccc(-c3cc(F)c(-c4ccc5c(F)c(C#CC(F)(F)F)c(F)cc5c4)c(F)c3)c(F)c2)nc1. The fourth-order valence-corrected chi connectivity index (χ4v) is 4.29. The van der Waals surface area contributed by atoms with Gasteiger partial charge in [-0.3, -0.25) is 4.98 Å². The van der Waals surface area contributed by atoms with Crippen molar-refractivity contribution in [2.45, 2.75) is 13.1 Å². The van der Waals surface area contributed by atoms with Gasteiger partial charge in [-0.1, -0.05) is 36.3 Å². The standard InChI is InChI=1S/C31H15F8N/c1-16-2-7-28(40-15-16)17-3-5-21(24(32)11-17)20-13-26(34)29(27(35)14-20)18-4-6-22-19(10-18)12-25(33)23(30(22)36)8-9-31(37,38)39/h2-7,10-15H,1H3. The Morgan fingerprint density at radius 3 is 1.98 bits per heavy atom. The highest BCUT2D eigenvalue weighted by Crippen LogP contribution is 2.35. The number of rotatable bonds is 3. The second-order valence-electron chi connectivity index (χ2n) is 8.96. The minimum Gasteiger partial charge on any atom is -0.256 e. The van der Waals surface area contributed by atoms with Crippen LogP contribution >= 0.6 is 0 Å². The third-order valence-corrected chi connectivity index (χ3v) is 6.18. The Morgan fingerprint density at radius 2 is 1.35 bits per heavy atom. The number of benzene rings is 4. The number of hydrogen-bond acceptors (Lipinski definition) is 1. The molecule has 0 aliphatic rings. The molecule has 0 saturated heterocycles. The zero-order valence-corrected chi connectivity index (χ0v) is 20.4. The second kappa shape index (κ2) is 10.1. The molecule has 0 unspecified atom stereocenters. The van der Waals surface area contributed by atoms with Crippen molar-refractivity contribution in [2.24, 2.45) is 0 Å². The lowest BCUT2D eigenvalue weighted by Gasteiger charge is -2.12. The van der Waals surface area contributed by atoms with E-state index in [1.165, 1.54) is 18.1 Å². The highest BCUT2D eigenvalue weighted by molar-refractivity contribution is 5.89. The summed E-state index contributed by atoms with van der Waals surface area (Å²) in [6, 6.07) is 13.6. The van der Waals surface area contributed by atoms with Gasteiger partial charge >= 0.3 is 6.18 Å². The fourth-order valence-electron chi connectivity index (χ4n) is 4.29. The summed E-state index contributed by atoms with van der Waals surface area (Å²) in [6.45, 7) is 1.86. The molecule has 0 bridgehead atoms. The van der Waals surface area contributed by atoms with E-state index < -0.39 is 46.4 Å². The molecular formula is C31H15F8N. The molecule has 4 aromatic carbocycles. The van der Waals surface area contributed by atoms with Gasteiger partial charge in [0, 0.05) is 28.6 Å². The maximum Gasteiger partial charge on any atom is 0.458 e. The number of nitrogens with zero attached hydrogens (tertiary/aromatic N) is 1. The molecule has 0 radical (unpaired) electrons. The smallest absolute Gasteiger partial charge is 0.256 e. The largest absolute Gasteiger partial charge is 0.458 e. The molecule has 0 N–H and O–H groups in total. The topological polar surface area (TPSA) is 12.9 Å². The number of fused-ring (bicyclic) bond motifs is 1. The molecule has 1 aromatic heterocycles. The van der Waals surface area contributed by atoms with Crippen LogP contribution in [0.2, 0.25) is 0 Å². The van der Waals surface area contributed by atoms with Gasteiger partial charge in [0.05, 0.1) is 16.8 Å². The van der Waals surface area contributed by atoms with Crippen molar-refractivity contribution in [3.8, 4) is 45.4 Å². The number of aromatic nitrogens is 1. The van der Waals surface area contributed by atoms with Crippen molar-refractivity contribution in [1.82, 2.24) is 4.98 Å². The number of aryl methyl sites for hydroxylation is 1. The molecule has 0 saturated carbocycles. The molecule has 0 fully saturated rings. The zero-order chi connectivity index (χ0) is 28.8. The molecular weight excluding hydrogens is 538 g/mol. The summed E-state index contributed by atoms with van der Waals surface area (Å²) in [6.07, 6.45) is -3.33. The van der Waals surface area contributed by atoms with Gasteiger partial charge in [0.2, 0.25) is 0 Å². The predicted octanol–water partition coefficient (Wildman–Crippen LogP) is 9.15. The van der Waals surface area contributed by atoms with Gasteiger partial charge in [-0.25, -0.2) is 22.0 Å². The van der Waals surface area contributed by atoms with E-state index in [0.29, 0.717) is 11.3 Å². The maximum atomic E-state index is 15.2. The van der Waals surface area contributed by atoms with Crippen LogP contribution in [-0.4, -0.2) is 11.2 Å². The molecule has 5 aromatic rings. The van der Waals surface area contributed by atoms with Crippen LogP contribution in [-0.2, 0) is 0 Å². The van der Waals surface area contributed by atoms with E-state index in [1.54, 1.807) is 18.3 Å². The van der Waals surface area contributed by atoms with Gasteiger partial charge in [-0.2, -0.15) is 13.2 Å². The molecule has 0 spiro atoms. The normalized spacial score (nSPS) is 11.4. The third kappa shape index (κ3) is 5.25. The number of alkyl halides is 3. The Hall–Kier alpha value is -4.71. The molecule has 1 heterocycles. The van der Waals surface area contributed by atoms with Gasteiger partial charge in [0.15, 0.2) is 0 Å². The summed E-state index contributed by atoms with van der Waals surface area (Å²) in [5.74, 6) is -3.31. The van der Waals surface area contributed by atoms with Gasteiger partial charge in [-0.15, -0.1) is 0 Å². The molecule has 200 valence electrons. The van der Waals surface area contributed by atoms with Crippen molar-refractivity contribution >= 4 is 10.8 Å². The highest BCUT2D eigenvalue weighted by Gasteiger charge is 2.24. The van der Waals surface area contributed by atoms with Crippen molar-refractivity contribution in [3.63, 3.8) is 0 Å². The lowest BCUT2D eigenvalue weighted by atomic mass is 9.95. The first kappa shape index (κ1) is 26.9. The summed E-state index contributed by atoms with van der Waals surface area (Å²) in [5, 5.41) is -0.446. The average Bonchev–Trinajstić information content (AvgIpc) is 2.87. The minimum absolute atomic E-state index is 0.0599. The lowest BCUT2D eigenvalue weighted by Crippen LogP contribution is -2.02. The minimum atomic E-state index is -4.96. The molecule has 5 rings (SSSR count). The van der Waals surface area contributed by atoms with E-state index in [1.807, 2.05) is 13.0 Å². The average molecular weight is 553 g/mol. The van der Waals surface area contributed by atoms with E-state index in [2.05, 4.69) is 4.98 Å². The molecule has 0 atom stereocenters. The third-order valence-electron chi connectivity index (χ3n) is 6.18. The quantitative estimate of drug-likeness (QED) is 0.160. The van der Waals surface area contributed by atoms with E-state index in [0.717, 1.165) is 47.9 Å². The first-order chi connectivity index (χ1) is 18.9. The van der Waals surface area contributed by atoms with Crippen LogP contribution in [0.4, 0.5) is 35.1 Å². The fraction of sp³-hybridized carbons (Fsp3) is 0.0645. The molecule has 0 amide bonds. The van der Waals surface area contributed by atoms with Crippen LogP contribution in [0.15, 0.2) is 72.9 Å². The van der Waals surface area contributed by atoms with Crippen LogP contribution in [0.25, 0.3) is 44.3 Å². The molecule has 9 heteroatoms. The highest BCUT2D eigenvalue weighted by atomic mass is 19.4. The summed E-state index contributed by atoms with van der Waals surface area (Å²) in [4.78, 5) is 4.24. The zero-order valence-electron chi connectivity index (χ0n) is 20.4. The Kier molecular flexibility index (Phi) is 6.80. The Morgan fingerprint density at radius 1 is 0.675 bits per heavy atom. The van der Waals surface area contributed by atoms with Gasteiger partial charge in [0.1, 0.15) is 29.1 Å². The second-order valence-corrected chi connectivity index (χ2v) is 8.96. The molecule has 40 heavy (non-hydrogen) atoms. The van der Waals surface area contributed by atoms with E-state index in [9.17, 15) is 26.3 Å². The number of halogens is 8. The number of hydrogen-bond donors (Lipinski definition) is 0. The predicted molar refractivity (Wildman–Crippen MR) is 136 cm³/mol. The van der Waals surface area contributed by atoms with Gasteiger partial charge in [0.25, 0.3) is 0 Å². The van der Waals surface area contributed by atoms with Gasteiger partial charge in [-0.05, 0) is 65.4 Å². The monoisotopic (exact) mass is 553 g/mol. The Labute approximate surface area is 222 Å². The van der Waals surface area contributed by atoms with Crippen molar-refractivity contribution in [3.05, 3.63) is 113 Å². The summed E-state index contributed by atoms with van der Waals surface area (Å²) < 4.78 is 112. The Bertz CT molecular complexity index is 1820. The van der Waals surface area contributed by atoms with Crippen molar-refractivity contribution in [2.75, 3.05) is 0 Å². The summed E-state index contributed by atoms with van der Waals surface area (Å²) in [5.41, 5.74) is 0.0748. The molecule has 0 aliphatic carbocycles. The van der Waals surface area contributed by atoms with Crippen molar-refractivity contribution < 1.29 is 35.1 Å². The lowest BCUT2D eigenvalue weighted by molar-refractivity contribution is -0.0696. The summed E-state index contributed by atoms with van der Waals surface area (Å²) in [7, 11) is 0. The van der Waals surface area contributed by atoms with E-state index in [-0.39, 0.29) is 27.5 Å². The van der Waals surface area contributed by atoms with Crippen LogP contribution in [0.1, 0.15) is 11.1 Å². The first-order valence-electron chi connectivity index (χ1n) is 11.7. The van der Waals surface area contributed by atoms with Crippen LogP contribution < -0.4 is 0 Å². The van der Waals surface area contributed by atoms with Crippen molar-refractivity contribution in [1.29, 1.82) is 0 Å². The van der Waals surface area contributed by atoms with Crippen LogP contribution in [0, 0.1) is 47.9 Å². The maximum absolute atomic E-state index is 15.2. The van der Waals surface area contributed by atoms with Crippen LogP contribution in [0.3, 0.4) is 0 Å². The number of pyridine rings is 1. The first-order valence-corrected chi connectivity index (χ1v) is 11.7. The molecule has 1 nitrogen and oxygen atoms in total.